The van der Waals surface area contributed by atoms with E-state index in [-0.39, 0.29) is 24.7 Å². The van der Waals surface area contributed by atoms with Crippen molar-refractivity contribution in [3.8, 4) is 0 Å². The van der Waals surface area contributed by atoms with Crippen molar-refractivity contribution in [1.82, 2.24) is 15.5 Å². The number of amides is 1. The molecule has 1 unspecified atom stereocenters. The predicted molar refractivity (Wildman–Crippen MR) is 98.3 cm³/mol. The summed E-state index contributed by atoms with van der Waals surface area (Å²) in [7, 11) is 1.33. The molecule has 0 aliphatic heterocycles. The summed E-state index contributed by atoms with van der Waals surface area (Å²) in [6.45, 7) is 2.03. The molecule has 26 heavy (non-hydrogen) atoms. The van der Waals surface area contributed by atoms with E-state index in [0.717, 1.165) is 22.9 Å². The zero-order valence-electron chi connectivity index (χ0n) is 14.8. The minimum Gasteiger partial charge on any atom is -0.469 e. The summed E-state index contributed by atoms with van der Waals surface area (Å²) in [6, 6.07) is 6.97. The first-order valence-corrected chi connectivity index (χ1v) is 9.24. The van der Waals surface area contributed by atoms with Crippen LogP contribution in [0.15, 0.2) is 33.3 Å². The van der Waals surface area contributed by atoms with Crippen LogP contribution in [0.2, 0.25) is 0 Å². The molecule has 0 aliphatic carbocycles. The van der Waals surface area contributed by atoms with E-state index in [0.29, 0.717) is 18.1 Å². The number of methoxy groups -OCH3 is 1. The molecule has 7 nitrogen and oxygen atoms in total. The quantitative estimate of drug-likeness (QED) is 0.622. The highest BCUT2D eigenvalue weighted by Crippen LogP contribution is 2.20. The second-order valence-electron chi connectivity index (χ2n) is 5.81. The summed E-state index contributed by atoms with van der Waals surface area (Å²) < 4.78 is 10.8. The van der Waals surface area contributed by atoms with Gasteiger partial charge >= 0.3 is 5.97 Å². The van der Waals surface area contributed by atoms with Crippen LogP contribution in [-0.4, -0.2) is 29.1 Å². The number of halogens is 1. The van der Waals surface area contributed by atoms with Crippen LogP contribution >= 0.6 is 15.9 Å². The number of nitrogens with one attached hydrogen (secondary N) is 1. The Hall–Kier alpha value is -2.22. The van der Waals surface area contributed by atoms with Gasteiger partial charge in [-0.1, -0.05) is 40.1 Å². The molecule has 0 radical (unpaired) electrons. The number of benzene rings is 1. The maximum Gasteiger partial charge on any atom is 0.307 e. The van der Waals surface area contributed by atoms with Gasteiger partial charge in [0.05, 0.1) is 19.6 Å². The molecule has 0 spiro atoms. The zero-order valence-corrected chi connectivity index (χ0v) is 16.4. The molecule has 1 amide bonds. The number of rotatable bonds is 9. The van der Waals surface area contributed by atoms with Crippen molar-refractivity contribution < 1.29 is 18.8 Å². The van der Waals surface area contributed by atoms with Crippen LogP contribution in [0.25, 0.3) is 0 Å². The first kappa shape index (κ1) is 20.1. The molecule has 8 heteroatoms. The lowest BCUT2D eigenvalue weighted by atomic mass is 10.0. The van der Waals surface area contributed by atoms with Crippen LogP contribution in [0, 0.1) is 0 Å². The van der Waals surface area contributed by atoms with Crippen molar-refractivity contribution >= 4 is 27.8 Å². The van der Waals surface area contributed by atoms with Gasteiger partial charge in [-0.05, 0) is 24.1 Å². The molecule has 1 aromatic heterocycles. The van der Waals surface area contributed by atoms with Gasteiger partial charge in [0.25, 0.3) is 0 Å². The highest BCUT2D eigenvalue weighted by molar-refractivity contribution is 9.10. The number of carbonyl (C=O) groups is 2. The van der Waals surface area contributed by atoms with Gasteiger partial charge in [-0.3, -0.25) is 9.59 Å². The van der Waals surface area contributed by atoms with Crippen LogP contribution < -0.4 is 5.32 Å². The maximum absolute atomic E-state index is 12.3. The smallest absolute Gasteiger partial charge is 0.307 e. The SMILES string of the molecule is CCCc1noc(CCC(=O)NC(CC(=O)OC)c2ccc(Br)cc2)n1. The summed E-state index contributed by atoms with van der Waals surface area (Å²) in [5, 5.41) is 6.74. The molecule has 0 bridgehead atoms. The van der Waals surface area contributed by atoms with E-state index in [4.69, 9.17) is 9.26 Å². The predicted octanol–water partition coefficient (Wildman–Crippen LogP) is 3.14. The average molecular weight is 424 g/mol. The van der Waals surface area contributed by atoms with E-state index in [2.05, 4.69) is 31.4 Å². The highest BCUT2D eigenvalue weighted by atomic mass is 79.9. The summed E-state index contributed by atoms with van der Waals surface area (Å²) in [5.74, 6) is 0.509. The van der Waals surface area contributed by atoms with Gasteiger partial charge in [-0.2, -0.15) is 4.98 Å². The fourth-order valence-electron chi connectivity index (χ4n) is 2.40. The number of ether oxygens (including phenoxy) is 1. The molecule has 0 aliphatic rings. The second kappa shape index (κ2) is 10.1. The first-order chi connectivity index (χ1) is 12.5. The zero-order chi connectivity index (χ0) is 18.9. The second-order valence-corrected chi connectivity index (χ2v) is 6.72. The summed E-state index contributed by atoms with van der Waals surface area (Å²) in [4.78, 5) is 28.2. The third-order valence-electron chi connectivity index (χ3n) is 3.76. The lowest BCUT2D eigenvalue weighted by Gasteiger charge is -2.18. The van der Waals surface area contributed by atoms with E-state index < -0.39 is 6.04 Å². The molecule has 1 heterocycles. The van der Waals surface area contributed by atoms with Gasteiger partial charge < -0.3 is 14.6 Å². The lowest BCUT2D eigenvalue weighted by molar-refractivity contribution is -0.141. The summed E-state index contributed by atoms with van der Waals surface area (Å²) in [6.07, 6.45) is 2.29. The lowest BCUT2D eigenvalue weighted by Crippen LogP contribution is -2.30. The molecule has 0 fully saturated rings. The first-order valence-electron chi connectivity index (χ1n) is 8.45. The number of aromatic nitrogens is 2. The van der Waals surface area contributed by atoms with Gasteiger partial charge in [-0.15, -0.1) is 0 Å². The van der Waals surface area contributed by atoms with E-state index in [1.54, 1.807) is 0 Å². The monoisotopic (exact) mass is 423 g/mol. The Morgan fingerprint density at radius 1 is 1.27 bits per heavy atom. The van der Waals surface area contributed by atoms with E-state index >= 15 is 0 Å². The average Bonchev–Trinajstić information content (AvgIpc) is 3.08. The van der Waals surface area contributed by atoms with E-state index in [1.807, 2.05) is 31.2 Å². The minimum atomic E-state index is -0.457. The van der Waals surface area contributed by atoms with E-state index in [1.165, 1.54) is 7.11 Å². The Morgan fingerprint density at radius 2 is 2.00 bits per heavy atom. The summed E-state index contributed by atoms with van der Waals surface area (Å²) >= 11 is 3.37. The molecule has 0 saturated heterocycles. The normalized spacial score (nSPS) is 11.8. The van der Waals surface area contributed by atoms with Crippen molar-refractivity contribution in [3.63, 3.8) is 0 Å². The van der Waals surface area contributed by atoms with Gasteiger partial charge in [0.15, 0.2) is 5.82 Å². The van der Waals surface area contributed by atoms with Crippen molar-refractivity contribution in [2.45, 2.75) is 45.1 Å². The Bertz CT molecular complexity index is 730. The fraction of sp³-hybridized carbons (Fsp3) is 0.444. The van der Waals surface area contributed by atoms with E-state index in [9.17, 15) is 9.59 Å². The van der Waals surface area contributed by atoms with Crippen molar-refractivity contribution in [2.24, 2.45) is 0 Å². The molecule has 1 aromatic carbocycles. The van der Waals surface area contributed by atoms with Gasteiger partial charge in [0.2, 0.25) is 11.8 Å². The summed E-state index contributed by atoms with van der Waals surface area (Å²) in [5.41, 5.74) is 0.829. The largest absolute Gasteiger partial charge is 0.469 e. The van der Waals surface area contributed by atoms with Crippen LogP contribution in [-0.2, 0) is 27.2 Å². The highest BCUT2D eigenvalue weighted by Gasteiger charge is 2.19. The number of hydrogen-bond acceptors (Lipinski definition) is 6. The Labute approximate surface area is 160 Å². The topological polar surface area (TPSA) is 94.3 Å². The van der Waals surface area contributed by atoms with Gasteiger partial charge in [-0.25, -0.2) is 0 Å². The molecular formula is C18H22BrN3O4. The van der Waals surface area contributed by atoms with Crippen LogP contribution in [0.3, 0.4) is 0 Å². The van der Waals surface area contributed by atoms with Gasteiger partial charge in [0.1, 0.15) is 0 Å². The Morgan fingerprint density at radius 3 is 2.65 bits per heavy atom. The number of hydrogen-bond donors (Lipinski definition) is 1. The number of nitrogens with zero attached hydrogens (tertiary/aromatic N) is 2. The van der Waals surface area contributed by atoms with Crippen LogP contribution in [0.5, 0.6) is 0 Å². The maximum atomic E-state index is 12.3. The molecule has 140 valence electrons. The Balaban J connectivity index is 1.96. The fourth-order valence-corrected chi connectivity index (χ4v) is 2.67. The Kier molecular flexibility index (Phi) is 7.77. The molecular weight excluding hydrogens is 402 g/mol. The third kappa shape index (κ3) is 6.25. The molecule has 0 saturated carbocycles. The van der Waals surface area contributed by atoms with Gasteiger partial charge in [0, 0.05) is 23.7 Å². The van der Waals surface area contributed by atoms with Crippen molar-refractivity contribution in [1.29, 1.82) is 0 Å². The standard InChI is InChI=1S/C18H22BrN3O4/c1-3-4-15-21-17(26-22-15)10-9-16(23)20-14(11-18(24)25-2)12-5-7-13(19)8-6-12/h5-8,14H,3-4,9-11H2,1-2H3,(H,20,23). The molecule has 2 rings (SSSR count). The number of aryl methyl sites for hydroxylation is 2. The molecule has 1 atom stereocenters. The number of esters is 1. The number of carbonyl (C=O) groups excluding carboxylic acids is 2. The minimum absolute atomic E-state index is 0.0606. The molecule has 2 aromatic rings. The van der Waals surface area contributed by atoms with Crippen molar-refractivity contribution in [3.05, 3.63) is 46.0 Å². The molecule has 1 N–H and O–H groups in total. The van der Waals surface area contributed by atoms with Crippen LogP contribution in [0.4, 0.5) is 0 Å². The van der Waals surface area contributed by atoms with Crippen molar-refractivity contribution in [2.75, 3.05) is 7.11 Å². The van der Waals surface area contributed by atoms with Crippen LogP contribution in [0.1, 0.15) is 49.5 Å². The third-order valence-corrected chi connectivity index (χ3v) is 4.28.